The van der Waals surface area contributed by atoms with Gasteiger partial charge in [-0.2, -0.15) is 5.10 Å². The summed E-state index contributed by atoms with van der Waals surface area (Å²) in [6.07, 6.45) is 0. The number of H-pyrrole nitrogens is 2. The van der Waals surface area contributed by atoms with E-state index >= 15 is 0 Å². The van der Waals surface area contributed by atoms with E-state index in [2.05, 4.69) is 41.2 Å². The monoisotopic (exact) mass is 306 g/mol. The summed E-state index contributed by atoms with van der Waals surface area (Å²) in [6, 6.07) is 18.4. The maximum absolute atomic E-state index is 5.25. The predicted octanol–water partition coefficient (Wildman–Crippen LogP) is 4.39. The number of hydrogen-bond donors (Lipinski definition) is 2. The Labute approximate surface area is 132 Å². The molecule has 0 saturated heterocycles. The molecule has 4 rings (SSSR count). The number of para-hydroxylation sites is 1. The van der Waals surface area contributed by atoms with Gasteiger partial charge in [0.2, 0.25) is 0 Å². The summed E-state index contributed by atoms with van der Waals surface area (Å²) < 4.78 is 2.49. The lowest BCUT2D eigenvalue weighted by Crippen LogP contribution is -1.96. The lowest BCUT2D eigenvalue weighted by Gasteiger charge is -2.01. The Kier molecular flexibility index (Phi) is 2.94. The van der Waals surface area contributed by atoms with Crippen molar-refractivity contribution >= 4 is 23.4 Å². The van der Waals surface area contributed by atoms with E-state index in [0.717, 1.165) is 28.1 Å². The second kappa shape index (κ2) is 4.96. The second-order valence-electron chi connectivity index (χ2n) is 5.26. The zero-order valence-corrected chi connectivity index (χ0v) is 12.8. The summed E-state index contributed by atoms with van der Waals surface area (Å²) in [6.45, 7) is 2.08. The van der Waals surface area contributed by atoms with Gasteiger partial charge in [-0.05, 0) is 31.3 Å². The first kappa shape index (κ1) is 13.0. The maximum Gasteiger partial charge on any atom is 0.176 e. The van der Waals surface area contributed by atoms with Gasteiger partial charge in [-0.25, -0.2) is 4.68 Å². The molecule has 2 aromatic carbocycles. The fourth-order valence-corrected chi connectivity index (χ4v) is 2.77. The van der Waals surface area contributed by atoms with E-state index in [-0.39, 0.29) is 0 Å². The molecule has 4 nitrogen and oxygen atoms in total. The van der Waals surface area contributed by atoms with Gasteiger partial charge in [0.1, 0.15) is 11.2 Å². The average Bonchev–Trinajstić information content (AvgIpc) is 3.06. The third-order valence-corrected chi connectivity index (χ3v) is 3.89. The van der Waals surface area contributed by atoms with E-state index < -0.39 is 0 Å². The van der Waals surface area contributed by atoms with Gasteiger partial charge in [0.15, 0.2) is 10.4 Å². The number of nitrogens with zero attached hydrogens (tertiary/aromatic N) is 2. The molecule has 22 heavy (non-hydrogen) atoms. The topological polar surface area (TPSA) is 49.4 Å². The average molecular weight is 306 g/mol. The van der Waals surface area contributed by atoms with Crippen molar-refractivity contribution in [3.05, 3.63) is 64.9 Å². The van der Waals surface area contributed by atoms with Gasteiger partial charge in [0, 0.05) is 5.56 Å². The molecule has 2 heterocycles. The van der Waals surface area contributed by atoms with Gasteiger partial charge in [0.05, 0.1) is 5.69 Å². The van der Waals surface area contributed by atoms with Crippen LogP contribution < -0.4 is 0 Å². The Bertz CT molecular complexity index is 991. The van der Waals surface area contributed by atoms with Crippen LogP contribution in [0.1, 0.15) is 5.56 Å². The molecular weight excluding hydrogens is 292 g/mol. The fourth-order valence-electron chi connectivity index (χ4n) is 2.57. The Morgan fingerprint density at radius 3 is 2.41 bits per heavy atom. The quantitative estimate of drug-likeness (QED) is 0.540. The van der Waals surface area contributed by atoms with Crippen molar-refractivity contribution < 1.29 is 0 Å². The van der Waals surface area contributed by atoms with Crippen molar-refractivity contribution in [3.8, 4) is 16.9 Å². The Balaban J connectivity index is 2.00. The molecule has 0 aliphatic carbocycles. The summed E-state index contributed by atoms with van der Waals surface area (Å²) in [5, 5.41) is 4.77. The van der Waals surface area contributed by atoms with Gasteiger partial charge in [-0.1, -0.05) is 48.0 Å². The largest absolute Gasteiger partial charge is 0.328 e. The van der Waals surface area contributed by atoms with Crippen molar-refractivity contribution in [2.75, 3.05) is 0 Å². The molecule has 0 spiro atoms. The Morgan fingerprint density at radius 1 is 0.955 bits per heavy atom. The minimum atomic E-state index is 0.602. The first-order chi connectivity index (χ1) is 10.7. The van der Waals surface area contributed by atoms with Crippen molar-refractivity contribution in [2.45, 2.75) is 6.92 Å². The molecular formula is C17H14N4S. The van der Waals surface area contributed by atoms with Crippen LogP contribution in [0.15, 0.2) is 54.6 Å². The highest BCUT2D eigenvalue weighted by atomic mass is 32.1. The Hall–Kier alpha value is -2.66. The summed E-state index contributed by atoms with van der Waals surface area (Å²) in [5.41, 5.74) is 5.99. The van der Waals surface area contributed by atoms with Crippen LogP contribution in [-0.2, 0) is 0 Å². The number of fused-ring (bicyclic) bond motifs is 1. The third kappa shape index (κ3) is 2.07. The molecule has 0 bridgehead atoms. The fraction of sp³-hybridized carbons (Fsp3) is 0.0588. The van der Waals surface area contributed by atoms with E-state index in [1.54, 1.807) is 0 Å². The summed E-state index contributed by atoms with van der Waals surface area (Å²) in [4.78, 5) is 6.39. The lowest BCUT2D eigenvalue weighted by atomic mass is 10.1. The standard InChI is InChI=1S/C17H14N4S/c1-11-7-9-12(10-8-11)14-15-16(19-17(22)18-15)21(20-14)13-5-3-2-4-6-13/h2-10H,1H3,(H2,18,19,22). The molecule has 2 aromatic heterocycles. The molecule has 0 amide bonds. The van der Waals surface area contributed by atoms with E-state index in [1.807, 2.05) is 35.0 Å². The van der Waals surface area contributed by atoms with Crippen molar-refractivity contribution in [1.29, 1.82) is 0 Å². The number of benzene rings is 2. The molecule has 0 radical (unpaired) electrons. The summed E-state index contributed by atoms with van der Waals surface area (Å²) in [5.74, 6) is 0. The molecule has 4 aromatic rings. The van der Waals surface area contributed by atoms with Gasteiger partial charge < -0.3 is 9.97 Å². The molecule has 2 N–H and O–H groups in total. The van der Waals surface area contributed by atoms with Crippen molar-refractivity contribution in [2.24, 2.45) is 0 Å². The van der Waals surface area contributed by atoms with Crippen LogP contribution in [0.4, 0.5) is 0 Å². The molecule has 0 atom stereocenters. The molecule has 0 unspecified atom stereocenters. The van der Waals surface area contributed by atoms with Crippen LogP contribution in [0.3, 0.4) is 0 Å². The molecule has 0 saturated carbocycles. The van der Waals surface area contributed by atoms with Gasteiger partial charge in [-0.3, -0.25) is 0 Å². The number of hydrogen-bond acceptors (Lipinski definition) is 2. The molecule has 108 valence electrons. The first-order valence-corrected chi connectivity index (χ1v) is 7.47. The Morgan fingerprint density at radius 2 is 1.68 bits per heavy atom. The van der Waals surface area contributed by atoms with Crippen molar-refractivity contribution in [3.63, 3.8) is 0 Å². The maximum atomic E-state index is 5.25. The number of aromatic nitrogens is 4. The molecule has 0 fully saturated rings. The molecule has 0 aliphatic heterocycles. The number of aryl methyl sites for hydroxylation is 1. The highest BCUT2D eigenvalue weighted by Gasteiger charge is 2.15. The number of rotatable bonds is 2. The highest BCUT2D eigenvalue weighted by Crippen LogP contribution is 2.28. The van der Waals surface area contributed by atoms with E-state index in [1.165, 1.54) is 5.56 Å². The molecule has 5 heteroatoms. The van der Waals surface area contributed by atoms with E-state index in [0.29, 0.717) is 4.77 Å². The van der Waals surface area contributed by atoms with Crippen LogP contribution in [0.2, 0.25) is 0 Å². The minimum Gasteiger partial charge on any atom is -0.328 e. The minimum absolute atomic E-state index is 0.602. The van der Waals surface area contributed by atoms with E-state index in [9.17, 15) is 0 Å². The zero-order valence-electron chi connectivity index (χ0n) is 12.0. The second-order valence-corrected chi connectivity index (χ2v) is 5.67. The number of nitrogens with one attached hydrogen (secondary N) is 2. The lowest BCUT2D eigenvalue weighted by molar-refractivity contribution is 0.899. The van der Waals surface area contributed by atoms with Crippen LogP contribution in [-0.4, -0.2) is 19.7 Å². The summed E-state index contributed by atoms with van der Waals surface area (Å²) >= 11 is 5.25. The van der Waals surface area contributed by atoms with E-state index in [4.69, 9.17) is 17.3 Å². The highest BCUT2D eigenvalue weighted by molar-refractivity contribution is 7.71. The van der Waals surface area contributed by atoms with Crippen molar-refractivity contribution in [1.82, 2.24) is 19.7 Å². The third-order valence-electron chi connectivity index (χ3n) is 3.68. The van der Waals surface area contributed by atoms with Gasteiger partial charge in [0.25, 0.3) is 0 Å². The molecule has 0 aliphatic rings. The zero-order chi connectivity index (χ0) is 15.1. The van der Waals surface area contributed by atoms with Crippen LogP contribution >= 0.6 is 12.2 Å². The van der Waals surface area contributed by atoms with Crippen LogP contribution in [0, 0.1) is 11.7 Å². The SMILES string of the molecule is Cc1ccc(-c2nn(-c3ccccc3)c3[nH]c(=S)[nH]c23)cc1. The van der Waals surface area contributed by atoms with Gasteiger partial charge in [-0.15, -0.1) is 0 Å². The normalized spacial score (nSPS) is 11.1. The van der Waals surface area contributed by atoms with Crippen LogP contribution in [0.25, 0.3) is 28.1 Å². The van der Waals surface area contributed by atoms with Gasteiger partial charge >= 0.3 is 0 Å². The summed E-state index contributed by atoms with van der Waals surface area (Å²) in [7, 11) is 0. The first-order valence-electron chi connectivity index (χ1n) is 7.06. The number of imidazole rings is 1. The predicted molar refractivity (Wildman–Crippen MR) is 90.8 cm³/mol. The number of aromatic amines is 2. The van der Waals surface area contributed by atoms with Crippen LogP contribution in [0.5, 0.6) is 0 Å². The smallest absolute Gasteiger partial charge is 0.176 e.